The standard InChI is InChI=1S/C21H22FN5O/c22-18-4-2-1-3-17(18)14-20(28)27-11-7-15(8-12-27)13-19-24-21(26-25-19)16-5-9-23-10-6-16/h1-6,9-10,15H,7-8,11-14H2,(H,24,25,26). The van der Waals surface area contributed by atoms with Gasteiger partial charge in [-0.2, -0.15) is 5.10 Å². The van der Waals surface area contributed by atoms with E-state index in [0.29, 0.717) is 30.4 Å². The topological polar surface area (TPSA) is 74.8 Å². The molecule has 1 aliphatic rings. The number of rotatable bonds is 5. The summed E-state index contributed by atoms with van der Waals surface area (Å²) in [7, 11) is 0. The average molecular weight is 379 g/mol. The Bertz CT molecular complexity index is 935. The van der Waals surface area contributed by atoms with Gasteiger partial charge in [0.15, 0.2) is 5.82 Å². The summed E-state index contributed by atoms with van der Waals surface area (Å²) >= 11 is 0. The van der Waals surface area contributed by atoms with Crippen LogP contribution in [0.2, 0.25) is 0 Å². The van der Waals surface area contributed by atoms with Crippen molar-refractivity contribution in [3.8, 4) is 11.4 Å². The molecule has 144 valence electrons. The molecule has 4 rings (SSSR count). The first kappa shape index (κ1) is 18.3. The number of hydrogen-bond donors (Lipinski definition) is 1. The van der Waals surface area contributed by atoms with Crippen molar-refractivity contribution in [1.82, 2.24) is 25.1 Å². The van der Waals surface area contributed by atoms with Gasteiger partial charge < -0.3 is 4.90 Å². The van der Waals surface area contributed by atoms with Crippen molar-refractivity contribution in [1.29, 1.82) is 0 Å². The zero-order valence-electron chi connectivity index (χ0n) is 15.5. The number of piperidine rings is 1. The highest BCUT2D eigenvalue weighted by Gasteiger charge is 2.24. The molecular weight excluding hydrogens is 357 g/mol. The van der Waals surface area contributed by atoms with Gasteiger partial charge in [0.05, 0.1) is 6.42 Å². The van der Waals surface area contributed by atoms with Gasteiger partial charge >= 0.3 is 0 Å². The third-order valence-electron chi connectivity index (χ3n) is 5.22. The van der Waals surface area contributed by atoms with Crippen molar-refractivity contribution in [2.24, 2.45) is 5.92 Å². The van der Waals surface area contributed by atoms with Crippen molar-refractivity contribution in [3.63, 3.8) is 0 Å². The van der Waals surface area contributed by atoms with Crippen LogP contribution in [0.25, 0.3) is 11.4 Å². The molecule has 1 aliphatic heterocycles. The molecule has 0 aliphatic carbocycles. The molecule has 0 spiro atoms. The van der Waals surface area contributed by atoms with Gasteiger partial charge in [0.1, 0.15) is 11.6 Å². The van der Waals surface area contributed by atoms with E-state index < -0.39 is 0 Å². The van der Waals surface area contributed by atoms with E-state index in [0.717, 1.165) is 30.7 Å². The fourth-order valence-electron chi connectivity index (χ4n) is 3.59. The third-order valence-corrected chi connectivity index (χ3v) is 5.22. The summed E-state index contributed by atoms with van der Waals surface area (Å²) in [6.45, 7) is 1.40. The number of nitrogens with zero attached hydrogens (tertiary/aromatic N) is 4. The molecule has 28 heavy (non-hydrogen) atoms. The van der Waals surface area contributed by atoms with Crippen molar-refractivity contribution in [2.75, 3.05) is 13.1 Å². The summed E-state index contributed by atoms with van der Waals surface area (Å²) in [4.78, 5) is 22.9. The second-order valence-electron chi connectivity index (χ2n) is 7.14. The lowest BCUT2D eigenvalue weighted by molar-refractivity contribution is -0.131. The number of nitrogens with one attached hydrogen (secondary N) is 1. The van der Waals surface area contributed by atoms with E-state index in [1.165, 1.54) is 6.07 Å². The fraction of sp³-hybridized carbons (Fsp3) is 0.333. The molecule has 6 nitrogen and oxygen atoms in total. The molecular formula is C21H22FN5O. The minimum atomic E-state index is -0.318. The maximum absolute atomic E-state index is 13.8. The second-order valence-corrected chi connectivity index (χ2v) is 7.14. The monoisotopic (exact) mass is 379 g/mol. The number of hydrogen-bond acceptors (Lipinski definition) is 4. The molecule has 3 heterocycles. The predicted octanol–water partition coefficient (Wildman–Crippen LogP) is 3.03. The lowest BCUT2D eigenvalue weighted by atomic mass is 9.93. The maximum Gasteiger partial charge on any atom is 0.227 e. The van der Waals surface area contributed by atoms with Gasteiger partial charge in [0, 0.05) is 37.5 Å². The van der Waals surface area contributed by atoms with Gasteiger partial charge in [0.25, 0.3) is 0 Å². The number of aromatic nitrogens is 4. The fourth-order valence-corrected chi connectivity index (χ4v) is 3.59. The Kier molecular flexibility index (Phi) is 5.41. The molecule has 0 bridgehead atoms. The van der Waals surface area contributed by atoms with Crippen LogP contribution in [-0.2, 0) is 17.6 Å². The largest absolute Gasteiger partial charge is 0.342 e. The van der Waals surface area contributed by atoms with E-state index in [-0.39, 0.29) is 18.1 Å². The van der Waals surface area contributed by atoms with E-state index in [4.69, 9.17) is 0 Å². The molecule has 1 amide bonds. The summed E-state index contributed by atoms with van der Waals surface area (Å²) in [5.41, 5.74) is 1.39. The zero-order chi connectivity index (χ0) is 19.3. The molecule has 1 N–H and O–H groups in total. The van der Waals surface area contributed by atoms with E-state index in [2.05, 4.69) is 20.2 Å². The first-order valence-electron chi connectivity index (χ1n) is 9.52. The van der Waals surface area contributed by atoms with Crippen LogP contribution in [-0.4, -0.2) is 44.1 Å². The van der Waals surface area contributed by atoms with Crippen LogP contribution in [0.15, 0.2) is 48.8 Å². The SMILES string of the molecule is O=C(Cc1ccccc1F)N1CCC(Cc2nc(-c3ccncc3)n[nH]2)CC1. The summed E-state index contributed by atoms with van der Waals surface area (Å²) in [6.07, 6.45) is 6.20. The lowest BCUT2D eigenvalue weighted by Gasteiger charge is -2.31. The molecule has 7 heteroatoms. The van der Waals surface area contributed by atoms with E-state index >= 15 is 0 Å². The number of likely N-dealkylation sites (tertiary alicyclic amines) is 1. The minimum absolute atomic E-state index is 0.0109. The smallest absolute Gasteiger partial charge is 0.227 e. The molecule has 1 saturated heterocycles. The molecule has 3 aromatic rings. The van der Waals surface area contributed by atoms with Crippen LogP contribution < -0.4 is 0 Å². The van der Waals surface area contributed by atoms with Crippen LogP contribution in [0.5, 0.6) is 0 Å². The number of H-pyrrole nitrogens is 1. The highest BCUT2D eigenvalue weighted by Crippen LogP contribution is 2.22. The summed E-state index contributed by atoms with van der Waals surface area (Å²) in [6, 6.07) is 10.2. The van der Waals surface area contributed by atoms with Gasteiger partial charge in [-0.3, -0.25) is 14.9 Å². The number of aromatic amines is 1. The predicted molar refractivity (Wildman–Crippen MR) is 103 cm³/mol. The third kappa shape index (κ3) is 4.24. The van der Waals surface area contributed by atoms with Crippen LogP contribution in [0.4, 0.5) is 4.39 Å². The summed E-state index contributed by atoms with van der Waals surface area (Å²) in [5, 5.41) is 7.31. The number of carbonyl (C=O) groups excluding carboxylic acids is 1. The Hall–Kier alpha value is -3.09. The van der Waals surface area contributed by atoms with Gasteiger partial charge in [-0.15, -0.1) is 0 Å². The van der Waals surface area contributed by atoms with Gasteiger partial charge in [0.2, 0.25) is 5.91 Å². The number of halogens is 1. The van der Waals surface area contributed by atoms with Crippen molar-refractivity contribution >= 4 is 5.91 Å². The van der Waals surface area contributed by atoms with Crippen molar-refractivity contribution < 1.29 is 9.18 Å². The molecule has 2 aromatic heterocycles. The summed E-state index contributed by atoms with van der Waals surface area (Å²) < 4.78 is 13.8. The first-order chi connectivity index (χ1) is 13.7. The van der Waals surface area contributed by atoms with Crippen LogP contribution in [0.3, 0.4) is 0 Å². The molecule has 0 radical (unpaired) electrons. The Morgan fingerprint density at radius 1 is 1.14 bits per heavy atom. The normalized spacial score (nSPS) is 15.0. The molecule has 0 atom stereocenters. The highest BCUT2D eigenvalue weighted by molar-refractivity contribution is 5.78. The quantitative estimate of drug-likeness (QED) is 0.739. The van der Waals surface area contributed by atoms with Gasteiger partial charge in [-0.25, -0.2) is 9.37 Å². The molecule has 1 fully saturated rings. The molecule has 1 aromatic carbocycles. The van der Waals surface area contributed by atoms with Crippen molar-refractivity contribution in [2.45, 2.75) is 25.7 Å². The Morgan fingerprint density at radius 2 is 1.89 bits per heavy atom. The molecule has 0 unspecified atom stereocenters. The average Bonchev–Trinajstić information content (AvgIpc) is 3.19. The Labute approximate surface area is 162 Å². The number of carbonyl (C=O) groups is 1. The lowest BCUT2D eigenvalue weighted by Crippen LogP contribution is -2.39. The van der Waals surface area contributed by atoms with Crippen LogP contribution in [0.1, 0.15) is 24.2 Å². The number of pyridine rings is 1. The summed E-state index contributed by atoms with van der Waals surface area (Å²) in [5.74, 6) is 1.66. The number of benzene rings is 1. The van der Waals surface area contributed by atoms with Crippen LogP contribution >= 0.6 is 0 Å². The Morgan fingerprint density at radius 3 is 2.64 bits per heavy atom. The maximum atomic E-state index is 13.8. The van der Waals surface area contributed by atoms with Gasteiger partial charge in [-0.05, 0) is 42.5 Å². The molecule has 0 saturated carbocycles. The van der Waals surface area contributed by atoms with E-state index in [1.54, 1.807) is 30.6 Å². The minimum Gasteiger partial charge on any atom is -0.342 e. The second kappa shape index (κ2) is 8.29. The number of amides is 1. The highest BCUT2D eigenvalue weighted by atomic mass is 19.1. The zero-order valence-corrected chi connectivity index (χ0v) is 15.5. The van der Waals surface area contributed by atoms with Crippen LogP contribution in [0, 0.1) is 11.7 Å². The van der Waals surface area contributed by atoms with Gasteiger partial charge in [-0.1, -0.05) is 18.2 Å². The van der Waals surface area contributed by atoms with E-state index in [1.807, 2.05) is 17.0 Å². The van der Waals surface area contributed by atoms with Crippen molar-refractivity contribution in [3.05, 3.63) is 66.0 Å². The first-order valence-corrected chi connectivity index (χ1v) is 9.52. The Balaban J connectivity index is 1.29. The van der Waals surface area contributed by atoms with E-state index in [9.17, 15) is 9.18 Å².